The molecule has 1 saturated carbocycles. The van der Waals surface area contributed by atoms with Crippen molar-refractivity contribution in [3.63, 3.8) is 0 Å². The van der Waals surface area contributed by atoms with Crippen LogP contribution in [0.25, 0.3) is 10.8 Å². The van der Waals surface area contributed by atoms with Crippen LogP contribution in [0, 0.1) is 5.92 Å². The Labute approximate surface area is 107 Å². The van der Waals surface area contributed by atoms with Gasteiger partial charge in [0.05, 0.1) is 12.7 Å². The van der Waals surface area contributed by atoms with Crippen LogP contribution in [0.5, 0.6) is 5.75 Å². The molecule has 0 atom stereocenters. The number of carbonyl (C=O) groups is 1. The van der Waals surface area contributed by atoms with Gasteiger partial charge in [0.15, 0.2) is 5.78 Å². The summed E-state index contributed by atoms with van der Waals surface area (Å²) in [6.45, 7) is 0. The van der Waals surface area contributed by atoms with Crippen molar-refractivity contribution < 1.29 is 9.53 Å². The van der Waals surface area contributed by atoms with E-state index in [1.54, 1.807) is 7.11 Å². The van der Waals surface area contributed by atoms with Crippen molar-refractivity contribution in [1.82, 2.24) is 0 Å². The van der Waals surface area contributed by atoms with E-state index in [1.165, 1.54) is 6.42 Å². The van der Waals surface area contributed by atoms with Gasteiger partial charge in [-0.3, -0.25) is 4.79 Å². The number of ketones is 1. The largest absolute Gasteiger partial charge is 0.496 e. The van der Waals surface area contributed by atoms with Gasteiger partial charge in [-0.1, -0.05) is 36.8 Å². The molecule has 0 N–H and O–H groups in total. The summed E-state index contributed by atoms with van der Waals surface area (Å²) in [7, 11) is 1.63. The van der Waals surface area contributed by atoms with E-state index in [4.69, 9.17) is 4.74 Å². The minimum atomic E-state index is 0.199. The molecular formula is C16H16O2. The molecular weight excluding hydrogens is 224 g/mol. The minimum Gasteiger partial charge on any atom is -0.496 e. The van der Waals surface area contributed by atoms with Crippen LogP contribution in [0.15, 0.2) is 36.4 Å². The Bertz CT molecular complexity index is 597. The quantitative estimate of drug-likeness (QED) is 0.762. The molecule has 18 heavy (non-hydrogen) atoms. The summed E-state index contributed by atoms with van der Waals surface area (Å²) >= 11 is 0. The van der Waals surface area contributed by atoms with Gasteiger partial charge in [-0.05, 0) is 29.7 Å². The van der Waals surface area contributed by atoms with Crippen molar-refractivity contribution in [1.29, 1.82) is 0 Å². The van der Waals surface area contributed by atoms with E-state index in [-0.39, 0.29) is 11.7 Å². The summed E-state index contributed by atoms with van der Waals surface area (Å²) < 4.78 is 5.37. The van der Waals surface area contributed by atoms with Crippen LogP contribution in [0.1, 0.15) is 29.6 Å². The van der Waals surface area contributed by atoms with Crippen LogP contribution in [0.3, 0.4) is 0 Å². The molecule has 1 fully saturated rings. The second kappa shape index (κ2) is 4.45. The molecule has 2 heteroatoms. The lowest BCUT2D eigenvalue weighted by Crippen LogP contribution is -2.22. The van der Waals surface area contributed by atoms with Crippen LogP contribution >= 0.6 is 0 Å². The topological polar surface area (TPSA) is 26.3 Å². The Morgan fingerprint density at radius 2 is 1.94 bits per heavy atom. The maximum absolute atomic E-state index is 12.5. The Morgan fingerprint density at radius 1 is 1.17 bits per heavy atom. The summed E-state index contributed by atoms with van der Waals surface area (Å²) in [6, 6.07) is 11.9. The van der Waals surface area contributed by atoms with Crippen LogP contribution in [0.4, 0.5) is 0 Å². The molecule has 2 nitrogen and oxygen atoms in total. The lowest BCUT2D eigenvalue weighted by Gasteiger charge is -2.25. The highest BCUT2D eigenvalue weighted by molar-refractivity contribution is 6.11. The number of ether oxygens (including phenoxy) is 1. The molecule has 2 aromatic carbocycles. The molecule has 0 heterocycles. The van der Waals surface area contributed by atoms with Gasteiger partial charge >= 0.3 is 0 Å². The van der Waals surface area contributed by atoms with Crippen molar-refractivity contribution in [3.05, 3.63) is 42.0 Å². The second-order valence-corrected chi connectivity index (χ2v) is 4.86. The van der Waals surface area contributed by atoms with Crippen molar-refractivity contribution >= 4 is 16.6 Å². The number of carbonyl (C=O) groups excluding carboxylic acids is 1. The summed E-state index contributed by atoms with van der Waals surface area (Å²) in [5, 5.41) is 2.11. The van der Waals surface area contributed by atoms with Crippen LogP contribution in [0.2, 0.25) is 0 Å². The van der Waals surface area contributed by atoms with Gasteiger partial charge in [-0.2, -0.15) is 0 Å². The molecule has 0 saturated heterocycles. The molecule has 0 bridgehead atoms. The Hall–Kier alpha value is -1.83. The molecule has 1 aliphatic rings. The Balaban J connectivity index is 2.19. The molecule has 92 valence electrons. The molecule has 1 aliphatic carbocycles. The number of fused-ring (bicyclic) bond motifs is 1. The number of hydrogen-bond acceptors (Lipinski definition) is 2. The van der Waals surface area contributed by atoms with Crippen molar-refractivity contribution in [2.45, 2.75) is 19.3 Å². The van der Waals surface area contributed by atoms with Gasteiger partial charge in [0.2, 0.25) is 0 Å². The van der Waals surface area contributed by atoms with Gasteiger partial charge in [0, 0.05) is 5.92 Å². The average Bonchev–Trinajstić information content (AvgIpc) is 2.35. The molecule has 0 amide bonds. The zero-order valence-electron chi connectivity index (χ0n) is 10.5. The highest BCUT2D eigenvalue weighted by Crippen LogP contribution is 2.36. The van der Waals surface area contributed by atoms with E-state index in [1.807, 2.05) is 36.4 Å². The molecule has 3 rings (SSSR count). The maximum Gasteiger partial charge on any atom is 0.170 e. The third-order valence-electron chi connectivity index (χ3n) is 3.83. The van der Waals surface area contributed by atoms with E-state index in [0.717, 1.165) is 29.2 Å². The summed E-state index contributed by atoms with van der Waals surface area (Å²) in [6.07, 6.45) is 3.21. The van der Waals surface area contributed by atoms with Crippen LogP contribution in [-0.2, 0) is 0 Å². The first-order chi connectivity index (χ1) is 8.81. The van der Waals surface area contributed by atoms with Gasteiger partial charge in [-0.15, -0.1) is 0 Å². The van der Waals surface area contributed by atoms with E-state index in [9.17, 15) is 4.79 Å². The van der Waals surface area contributed by atoms with Crippen molar-refractivity contribution in [2.24, 2.45) is 5.92 Å². The Kier molecular flexibility index (Phi) is 2.78. The van der Waals surface area contributed by atoms with Crippen molar-refractivity contribution in [3.8, 4) is 5.75 Å². The van der Waals surface area contributed by atoms with Crippen molar-refractivity contribution in [2.75, 3.05) is 7.11 Å². The molecule has 0 aliphatic heterocycles. The van der Waals surface area contributed by atoms with Crippen LogP contribution < -0.4 is 4.74 Å². The number of rotatable bonds is 3. The van der Waals surface area contributed by atoms with Gasteiger partial charge in [0.25, 0.3) is 0 Å². The monoisotopic (exact) mass is 240 g/mol. The predicted molar refractivity (Wildman–Crippen MR) is 72.2 cm³/mol. The van der Waals surface area contributed by atoms with Gasteiger partial charge in [-0.25, -0.2) is 0 Å². The summed E-state index contributed by atoms with van der Waals surface area (Å²) in [4.78, 5) is 12.5. The number of hydrogen-bond donors (Lipinski definition) is 0. The zero-order chi connectivity index (χ0) is 12.5. The van der Waals surface area contributed by atoms with E-state index >= 15 is 0 Å². The molecule has 0 radical (unpaired) electrons. The van der Waals surface area contributed by atoms with E-state index in [0.29, 0.717) is 5.75 Å². The van der Waals surface area contributed by atoms with E-state index in [2.05, 4.69) is 0 Å². The Morgan fingerprint density at radius 3 is 2.61 bits per heavy atom. The molecule has 2 aromatic rings. The van der Waals surface area contributed by atoms with Gasteiger partial charge in [0.1, 0.15) is 5.75 Å². The normalized spacial score (nSPS) is 15.4. The fourth-order valence-electron chi connectivity index (χ4n) is 2.55. The lowest BCUT2D eigenvalue weighted by molar-refractivity contribution is 0.0854. The second-order valence-electron chi connectivity index (χ2n) is 4.86. The zero-order valence-corrected chi connectivity index (χ0v) is 10.5. The first kappa shape index (κ1) is 11.3. The molecule has 0 aromatic heterocycles. The average molecular weight is 240 g/mol. The number of benzene rings is 2. The fourth-order valence-corrected chi connectivity index (χ4v) is 2.55. The molecule has 0 unspecified atom stereocenters. The predicted octanol–water partition coefficient (Wildman–Crippen LogP) is 3.83. The van der Waals surface area contributed by atoms with Gasteiger partial charge < -0.3 is 4.74 Å². The first-order valence-electron chi connectivity index (χ1n) is 6.41. The van der Waals surface area contributed by atoms with Crippen LogP contribution in [-0.4, -0.2) is 12.9 Å². The smallest absolute Gasteiger partial charge is 0.170 e. The summed E-state index contributed by atoms with van der Waals surface area (Å²) in [5.74, 6) is 1.14. The SMILES string of the molecule is COc1ccc2ccccc2c1C(=O)C1CCC1. The lowest BCUT2D eigenvalue weighted by atomic mass is 9.79. The third kappa shape index (κ3) is 1.69. The highest BCUT2D eigenvalue weighted by atomic mass is 16.5. The highest BCUT2D eigenvalue weighted by Gasteiger charge is 2.29. The summed E-state index contributed by atoms with van der Waals surface area (Å²) in [5.41, 5.74) is 0.764. The minimum absolute atomic E-state index is 0.199. The van der Waals surface area contributed by atoms with E-state index < -0.39 is 0 Å². The number of Topliss-reactive ketones (excluding diaryl/α,β-unsaturated/α-hetero) is 1. The third-order valence-corrected chi connectivity index (χ3v) is 3.83. The number of methoxy groups -OCH3 is 1. The first-order valence-corrected chi connectivity index (χ1v) is 6.41. The fraction of sp³-hybridized carbons (Fsp3) is 0.312. The standard InChI is InChI=1S/C16H16O2/c1-18-14-10-9-11-5-2-3-8-13(11)15(14)16(17)12-6-4-7-12/h2-3,5,8-10,12H,4,6-7H2,1H3. The molecule has 0 spiro atoms. The maximum atomic E-state index is 12.5.